The second-order valence-corrected chi connectivity index (χ2v) is 7.63. The number of para-hydroxylation sites is 2. The number of ketones is 1. The number of hydrogen-bond acceptors (Lipinski definition) is 3. The molecule has 29 heavy (non-hydrogen) atoms. The summed E-state index contributed by atoms with van der Waals surface area (Å²) in [7, 11) is 0. The zero-order valence-corrected chi connectivity index (χ0v) is 15.9. The molecular weight excluding hydrogens is 363 g/mol. The molecule has 0 saturated heterocycles. The van der Waals surface area contributed by atoms with Gasteiger partial charge in [0.2, 0.25) is 0 Å². The van der Waals surface area contributed by atoms with E-state index in [1.54, 1.807) is 12.1 Å². The van der Waals surface area contributed by atoms with Crippen molar-refractivity contribution in [1.29, 1.82) is 0 Å². The Balaban J connectivity index is 1.61. The van der Waals surface area contributed by atoms with Crippen molar-refractivity contribution in [2.24, 2.45) is 0 Å². The Morgan fingerprint density at radius 3 is 2.21 bits per heavy atom. The molecule has 1 aliphatic heterocycles. The molecule has 0 radical (unpaired) electrons. The molecule has 3 aromatic rings. The Bertz CT molecular complexity index is 1090. The topological polar surface area (TPSA) is 41.1 Å². The average Bonchev–Trinajstić information content (AvgIpc) is 2.92. The van der Waals surface area contributed by atoms with Crippen LogP contribution in [0.4, 0.5) is 15.8 Å². The van der Waals surface area contributed by atoms with Crippen LogP contribution in [0.15, 0.2) is 90.1 Å². The third-order valence-corrected chi connectivity index (χ3v) is 5.78. The fourth-order valence-corrected chi connectivity index (χ4v) is 4.36. The Morgan fingerprint density at radius 2 is 1.45 bits per heavy atom. The molecule has 3 aromatic carbocycles. The first-order chi connectivity index (χ1) is 14.2. The van der Waals surface area contributed by atoms with E-state index in [0.717, 1.165) is 34.6 Å². The van der Waals surface area contributed by atoms with E-state index >= 15 is 0 Å². The van der Waals surface area contributed by atoms with Crippen LogP contribution in [0.25, 0.3) is 0 Å². The number of benzene rings is 3. The highest BCUT2D eigenvalue weighted by Gasteiger charge is 2.35. The van der Waals surface area contributed by atoms with E-state index in [1.807, 2.05) is 42.5 Å². The van der Waals surface area contributed by atoms with Gasteiger partial charge in [0.1, 0.15) is 5.82 Å². The van der Waals surface area contributed by atoms with Gasteiger partial charge in [-0.05, 0) is 47.7 Å². The Labute approximate surface area is 169 Å². The maximum atomic E-state index is 13.5. The highest BCUT2D eigenvalue weighted by molar-refractivity contribution is 6.01. The molecule has 2 unspecified atom stereocenters. The first kappa shape index (κ1) is 17.7. The monoisotopic (exact) mass is 384 g/mol. The summed E-state index contributed by atoms with van der Waals surface area (Å²) in [5.41, 5.74) is 5.63. The zero-order chi connectivity index (χ0) is 19.8. The van der Waals surface area contributed by atoms with Crippen LogP contribution in [0.1, 0.15) is 35.9 Å². The Hall–Kier alpha value is -3.40. The van der Waals surface area contributed by atoms with Crippen LogP contribution in [-0.4, -0.2) is 5.78 Å². The number of Topliss-reactive ketones (excluding diaryl/α,β-unsaturated/α-hetero) is 1. The van der Waals surface area contributed by atoms with Crippen molar-refractivity contribution in [3.05, 3.63) is 107 Å². The molecule has 0 amide bonds. The molecule has 2 atom stereocenters. The maximum absolute atomic E-state index is 13.5. The van der Waals surface area contributed by atoms with E-state index in [9.17, 15) is 9.18 Å². The molecule has 3 nitrogen and oxygen atoms in total. The van der Waals surface area contributed by atoms with E-state index < -0.39 is 0 Å². The van der Waals surface area contributed by atoms with Crippen LogP contribution >= 0.6 is 0 Å². The van der Waals surface area contributed by atoms with Gasteiger partial charge < -0.3 is 10.6 Å². The number of halogens is 1. The summed E-state index contributed by atoms with van der Waals surface area (Å²) in [5.74, 6) is -0.00877. The van der Waals surface area contributed by atoms with Crippen molar-refractivity contribution >= 4 is 17.2 Å². The van der Waals surface area contributed by atoms with E-state index in [1.165, 1.54) is 17.7 Å². The molecule has 0 bridgehead atoms. The number of carbonyl (C=O) groups is 1. The third-order valence-electron chi connectivity index (χ3n) is 5.78. The molecule has 0 fully saturated rings. The minimum Gasteiger partial charge on any atom is -0.372 e. The van der Waals surface area contributed by atoms with Crippen LogP contribution in [0.3, 0.4) is 0 Å². The van der Waals surface area contributed by atoms with Gasteiger partial charge >= 0.3 is 0 Å². The lowest BCUT2D eigenvalue weighted by atomic mass is 9.78. The number of fused-ring (bicyclic) bond motifs is 1. The van der Waals surface area contributed by atoms with E-state index in [0.29, 0.717) is 6.42 Å². The summed E-state index contributed by atoms with van der Waals surface area (Å²) in [6.07, 6.45) is 1.24. The smallest absolute Gasteiger partial charge is 0.163 e. The normalized spacial score (nSPS) is 20.8. The molecular formula is C25H21FN2O. The van der Waals surface area contributed by atoms with E-state index in [-0.39, 0.29) is 23.6 Å². The molecule has 5 rings (SSSR count). The number of hydrogen-bond donors (Lipinski definition) is 2. The number of carbonyl (C=O) groups excluding carboxylic acids is 1. The highest BCUT2D eigenvalue weighted by Crippen LogP contribution is 2.44. The Kier molecular flexibility index (Phi) is 4.39. The lowest BCUT2D eigenvalue weighted by molar-refractivity contribution is -0.116. The van der Waals surface area contributed by atoms with Crippen molar-refractivity contribution in [1.82, 2.24) is 0 Å². The van der Waals surface area contributed by atoms with Crippen molar-refractivity contribution < 1.29 is 9.18 Å². The summed E-state index contributed by atoms with van der Waals surface area (Å²) in [5, 5.41) is 7.04. The third kappa shape index (κ3) is 3.31. The molecule has 0 aromatic heterocycles. The minimum absolute atomic E-state index is 0.127. The molecule has 0 spiro atoms. The molecule has 1 aliphatic carbocycles. The molecule has 0 saturated carbocycles. The zero-order valence-electron chi connectivity index (χ0n) is 15.9. The molecule has 4 heteroatoms. The quantitative estimate of drug-likeness (QED) is 0.586. The average molecular weight is 384 g/mol. The van der Waals surface area contributed by atoms with Gasteiger partial charge in [-0.15, -0.1) is 0 Å². The predicted octanol–water partition coefficient (Wildman–Crippen LogP) is 5.81. The predicted molar refractivity (Wildman–Crippen MR) is 113 cm³/mol. The van der Waals surface area contributed by atoms with Crippen LogP contribution in [0.5, 0.6) is 0 Å². The first-order valence-corrected chi connectivity index (χ1v) is 9.88. The highest BCUT2D eigenvalue weighted by atomic mass is 19.1. The SMILES string of the molecule is O=C1CC(c2ccccc2)CC2=C1C(c1ccc(F)cc1)Nc1ccccc1N2. The van der Waals surface area contributed by atoms with Gasteiger partial charge in [-0.25, -0.2) is 4.39 Å². The molecule has 2 aliphatic rings. The summed E-state index contributed by atoms with van der Waals surface area (Å²) >= 11 is 0. The second-order valence-electron chi connectivity index (χ2n) is 7.63. The number of rotatable bonds is 2. The lowest BCUT2D eigenvalue weighted by Gasteiger charge is -2.30. The molecule has 2 N–H and O–H groups in total. The number of allylic oxidation sites excluding steroid dienone is 1. The van der Waals surface area contributed by atoms with Crippen molar-refractivity contribution in [3.63, 3.8) is 0 Å². The van der Waals surface area contributed by atoms with Gasteiger partial charge in [-0.2, -0.15) is 0 Å². The fourth-order valence-electron chi connectivity index (χ4n) is 4.36. The second kappa shape index (κ2) is 7.21. The van der Waals surface area contributed by atoms with Gasteiger partial charge in [0, 0.05) is 17.7 Å². The van der Waals surface area contributed by atoms with Gasteiger partial charge in [0.25, 0.3) is 0 Å². The van der Waals surface area contributed by atoms with Crippen LogP contribution < -0.4 is 10.6 Å². The van der Waals surface area contributed by atoms with Gasteiger partial charge in [-0.1, -0.05) is 54.6 Å². The number of nitrogens with one attached hydrogen (secondary N) is 2. The fraction of sp³-hybridized carbons (Fsp3) is 0.160. The lowest BCUT2D eigenvalue weighted by Crippen LogP contribution is -2.26. The van der Waals surface area contributed by atoms with Gasteiger partial charge in [0.15, 0.2) is 5.78 Å². The summed E-state index contributed by atoms with van der Waals surface area (Å²) in [4.78, 5) is 13.4. The van der Waals surface area contributed by atoms with Gasteiger partial charge in [-0.3, -0.25) is 4.79 Å². The molecule has 144 valence electrons. The largest absolute Gasteiger partial charge is 0.372 e. The van der Waals surface area contributed by atoms with Crippen LogP contribution in [0, 0.1) is 5.82 Å². The summed E-state index contributed by atoms with van der Waals surface area (Å²) < 4.78 is 13.5. The minimum atomic E-state index is -0.314. The maximum Gasteiger partial charge on any atom is 0.163 e. The van der Waals surface area contributed by atoms with Crippen LogP contribution in [0.2, 0.25) is 0 Å². The van der Waals surface area contributed by atoms with Crippen LogP contribution in [-0.2, 0) is 4.79 Å². The van der Waals surface area contributed by atoms with E-state index in [4.69, 9.17) is 0 Å². The summed E-state index contributed by atoms with van der Waals surface area (Å²) in [6, 6.07) is 24.2. The first-order valence-electron chi connectivity index (χ1n) is 9.88. The van der Waals surface area contributed by atoms with Crippen molar-refractivity contribution in [2.75, 3.05) is 10.6 Å². The summed E-state index contributed by atoms with van der Waals surface area (Å²) in [6.45, 7) is 0. The van der Waals surface area contributed by atoms with Gasteiger partial charge in [0.05, 0.1) is 17.4 Å². The Morgan fingerprint density at radius 1 is 0.759 bits per heavy atom. The van der Waals surface area contributed by atoms with E-state index in [2.05, 4.69) is 22.8 Å². The number of anilines is 2. The van der Waals surface area contributed by atoms with Crippen molar-refractivity contribution in [3.8, 4) is 0 Å². The standard InChI is InChI=1S/C25H21FN2O/c26-19-12-10-17(11-13-19)25-24-22(27-20-8-4-5-9-21(20)28-25)14-18(15-23(24)29)16-6-2-1-3-7-16/h1-13,18,25,27-28H,14-15H2. The van der Waals surface area contributed by atoms with Crippen molar-refractivity contribution in [2.45, 2.75) is 24.8 Å². The molecule has 1 heterocycles.